The van der Waals surface area contributed by atoms with Gasteiger partial charge in [0.25, 0.3) is 0 Å². The highest BCUT2D eigenvalue weighted by atomic mass is 16.4. The number of aliphatic carboxylic acids is 1. The van der Waals surface area contributed by atoms with Crippen molar-refractivity contribution in [2.75, 3.05) is 0 Å². The normalized spacial score (nSPS) is 19.2. The lowest BCUT2D eigenvalue weighted by atomic mass is 9.98. The Bertz CT molecular complexity index is 598. The Hall–Kier alpha value is -1.77. The van der Waals surface area contributed by atoms with Crippen LogP contribution in [0.2, 0.25) is 0 Å². The fraction of sp³-hybridized carbons (Fsp3) is 0.357. The minimum Gasteiger partial charge on any atom is -0.481 e. The highest BCUT2D eigenvalue weighted by Crippen LogP contribution is 2.29. The van der Waals surface area contributed by atoms with Crippen molar-refractivity contribution in [3.63, 3.8) is 0 Å². The number of benzene rings is 1. The van der Waals surface area contributed by atoms with Gasteiger partial charge in [-0.15, -0.1) is 0 Å². The third-order valence-electron chi connectivity index (χ3n) is 3.71. The largest absolute Gasteiger partial charge is 0.481 e. The topological polar surface area (TPSA) is 42.2 Å². The fourth-order valence-electron chi connectivity index (χ4n) is 2.82. The van der Waals surface area contributed by atoms with E-state index in [1.54, 1.807) is 0 Å². The molecule has 3 nitrogen and oxygen atoms in total. The van der Waals surface area contributed by atoms with E-state index in [0.717, 1.165) is 12.8 Å². The summed E-state index contributed by atoms with van der Waals surface area (Å²) in [5, 5.41) is 10.4. The Morgan fingerprint density at radius 3 is 3.06 bits per heavy atom. The van der Waals surface area contributed by atoms with Crippen molar-refractivity contribution in [3.8, 4) is 0 Å². The zero-order valence-corrected chi connectivity index (χ0v) is 9.81. The SMILES string of the molecule is Cc1cccc2cc3n(c12)CC(C(=O)O)CC3. The molecule has 2 aromatic rings. The van der Waals surface area contributed by atoms with Crippen LogP contribution in [0.4, 0.5) is 0 Å². The van der Waals surface area contributed by atoms with E-state index in [1.165, 1.54) is 22.2 Å². The van der Waals surface area contributed by atoms with E-state index in [-0.39, 0.29) is 5.92 Å². The second-order valence-corrected chi connectivity index (χ2v) is 4.83. The Morgan fingerprint density at radius 2 is 2.29 bits per heavy atom. The van der Waals surface area contributed by atoms with Gasteiger partial charge < -0.3 is 9.67 Å². The molecule has 1 N–H and O–H groups in total. The van der Waals surface area contributed by atoms with Crippen molar-refractivity contribution in [2.45, 2.75) is 26.3 Å². The van der Waals surface area contributed by atoms with Crippen LogP contribution in [0, 0.1) is 12.8 Å². The lowest BCUT2D eigenvalue weighted by molar-refractivity contribution is -0.142. The van der Waals surface area contributed by atoms with Crippen molar-refractivity contribution in [2.24, 2.45) is 5.92 Å². The maximum Gasteiger partial charge on any atom is 0.308 e. The number of hydrogen-bond donors (Lipinski definition) is 1. The molecule has 0 saturated carbocycles. The Balaban J connectivity index is 2.17. The third-order valence-corrected chi connectivity index (χ3v) is 3.71. The van der Waals surface area contributed by atoms with E-state index < -0.39 is 5.97 Å². The molecule has 0 radical (unpaired) electrons. The minimum atomic E-state index is -0.675. The summed E-state index contributed by atoms with van der Waals surface area (Å²) in [6.07, 6.45) is 1.62. The molecule has 88 valence electrons. The van der Waals surface area contributed by atoms with Crippen LogP contribution >= 0.6 is 0 Å². The van der Waals surface area contributed by atoms with Gasteiger partial charge in [-0.25, -0.2) is 0 Å². The molecule has 0 saturated heterocycles. The molecule has 3 heteroatoms. The second kappa shape index (κ2) is 3.62. The van der Waals surface area contributed by atoms with Gasteiger partial charge in [-0.3, -0.25) is 4.79 Å². The summed E-state index contributed by atoms with van der Waals surface area (Å²) >= 11 is 0. The molecule has 0 fully saturated rings. The Morgan fingerprint density at radius 1 is 1.47 bits per heavy atom. The van der Waals surface area contributed by atoms with Crippen LogP contribution in [0.1, 0.15) is 17.7 Å². The van der Waals surface area contributed by atoms with E-state index in [4.69, 9.17) is 5.11 Å². The highest BCUT2D eigenvalue weighted by Gasteiger charge is 2.25. The van der Waals surface area contributed by atoms with Gasteiger partial charge in [0.05, 0.1) is 11.4 Å². The van der Waals surface area contributed by atoms with Crippen LogP contribution in [0.15, 0.2) is 24.3 Å². The van der Waals surface area contributed by atoms with E-state index in [2.05, 4.69) is 35.8 Å². The molecular weight excluding hydrogens is 214 g/mol. The molecule has 1 aliphatic rings. The molecule has 1 atom stereocenters. The van der Waals surface area contributed by atoms with Gasteiger partial charge in [-0.2, -0.15) is 0 Å². The van der Waals surface area contributed by atoms with Gasteiger partial charge in [-0.05, 0) is 31.4 Å². The van der Waals surface area contributed by atoms with Crippen molar-refractivity contribution in [3.05, 3.63) is 35.5 Å². The summed E-state index contributed by atoms with van der Waals surface area (Å²) < 4.78 is 2.19. The highest BCUT2D eigenvalue weighted by molar-refractivity contribution is 5.85. The number of para-hydroxylation sites is 1. The van der Waals surface area contributed by atoms with Crippen LogP contribution in [0.25, 0.3) is 10.9 Å². The quantitative estimate of drug-likeness (QED) is 0.816. The summed E-state index contributed by atoms with van der Waals surface area (Å²) in [4.78, 5) is 11.1. The monoisotopic (exact) mass is 229 g/mol. The average Bonchev–Trinajstić information content (AvgIpc) is 2.67. The summed E-state index contributed by atoms with van der Waals surface area (Å²) in [5.41, 5.74) is 3.69. The van der Waals surface area contributed by atoms with Crippen LogP contribution in [-0.4, -0.2) is 15.6 Å². The molecule has 1 aromatic carbocycles. The Kier molecular flexibility index (Phi) is 2.21. The Labute approximate surface area is 99.7 Å². The number of aryl methyl sites for hydroxylation is 2. The summed E-state index contributed by atoms with van der Waals surface area (Å²) in [7, 11) is 0. The lowest BCUT2D eigenvalue weighted by Gasteiger charge is -2.22. The smallest absolute Gasteiger partial charge is 0.308 e. The van der Waals surface area contributed by atoms with Gasteiger partial charge in [0, 0.05) is 17.6 Å². The van der Waals surface area contributed by atoms with Crippen LogP contribution < -0.4 is 0 Å². The molecule has 0 aliphatic carbocycles. The number of carbonyl (C=O) groups is 1. The van der Waals surface area contributed by atoms with Crippen molar-refractivity contribution in [1.29, 1.82) is 0 Å². The number of hydrogen-bond acceptors (Lipinski definition) is 1. The number of carboxylic acid groups (broad SMARTS) is 1. The number of rotatable bonds is 1. The number of fused-ring (bicyclic) bond motifs is 3. The summed E-state index contributed by atoms with van der Waals surface area (Å²) in [5.74, 6) is -0.913. The third kappa shape index (κ3) is 1.54. The standard InChI is InChI=1S/C14H15NO2/c1-9-3-2-4-10-7-12-6-5-11(14(16)17)8-15(12)13(9)10/h2-4,7,11H,5-6,8H2,1H3,(H,16,17). The van der Waals surface area contributed by atoms with Gasteiger partial charge in [0.15, 0.2) is 0 Å². The van der Waals surface area contributed by atoms with Gasteiger partial charge in [0.2, 0.25) is 0 Å². The maximum atomic E-state index is 11.1. The molecule has 1 unspecified atom stereocenters. The zero-order chi connectivity index (χ0) is 12.0. The first-order chi connectivity index (χ1) is 8.16. The molecule has 0 bridgehead atoms. The lowest BCUT2D eigenvalue weighted by Crippen LogP contribution is -2.26. The first kappa shape index (κ1) is 10.4. The molecule has 0 spiro atoms. The van der Waals surface area contributed by atoms with E-state index in [9.17, 15) is 4.79 Å². The van der Waals surface area contributed by atoms with Crippen molar-refractivity contribution >= 4 is 16.9 Å². The molecule has 1 aliphatic heterocycles. The molecule has 2 heterocycles. The second-order valence-electron chi connectivity index (χ2n) is 4.83. The van der Waals surface area contributed by atoms with Crippen LogP contribution in [-0.2, 0) is 17.8 Å². The number of nitrogens with zero attached hydrogens (tertiary/aromatic N) is 1. The van der Waals surface area contributed by atoms with E-state index >= 15 is 0 Å². The maximum absolute atomic E-state index is 11.1. The molecule has 3 rings (SSSR count). The molecule has 17 heavy (non-hydrogen) atoms. The molecule has 0 amide bonds. The fourth-order valence-corrected chi connectivity index (χ4v) is 2.82. The molecular formula is C14H15NO2. The predicted octanol–water partition coefficient (Wildman–Crippen LogP) is 2.60. The molecule has 1 aromatic heterocycles. The van der Waals surface area contributed by atoms with Crippen molar-refractivity contribution in [1.82, 2.24) is 4.57 Å². The average molecular weight is 229 g/mol. The number of carboxylic acids is 1. The van der Waals surface area contributed by atoms with E-state index in [0.29, 0.717) is 6.54 Å². The van der Waals surface area contributed by atoms with Crippen LogP contribution in [0.3, 0.4) is 0 Å². The van der Waals surface area contributed by atoms with Gasteiger partial charge in [0.1, 0.15) is 0 Å². The van der Waals surface area contributed by atoms with Crippen molar-refractivity contribution < 1.29 is 9.90 Å². The van der Waals surface area contributed by atoms with Gasteiger partial charge >= 0.3 is 5.97 Å². The first-order valence-electron chi connectivity index (χ1n) is 5.97. The summed E-state index contributed by atoms with van der Waals surface area (Å²) in [6.45, 7) is 2.69. The summed E-state index contributed by atoms with van der Waals surface area (Å²) in [6, 6.07) is 8.43. The predicted molar refractivity (Wildman–Crippen MR) is 66.1 cm³/mol. The van der Waals surface area contributed by atoms with E-state index in [1.807, 2.05) is 0 Å². The number of aromatic nitrogens is 1. The first-order valence-corrected chi connectivity index (χ1v) is 5.97. The van der Waals surface area contributed by atoms with Gasteiger partial charge in [-0.1, -0.05) is 18.2 Å². The zero-order valence-electron chi connectivity index (χ0n) is 9.81. The van der Waals surface area contributed by atoms with Crippen LogP contribution in [0.5, 0.6) is 0 Å². The minimum absolute atomic E-state index is 0.238.